The Hall–Kier alpha value is -2.30. The third-order valence-electron chi connectivity index (χ3n) is 5.84. The van der Waals surface area contributed by atoms with E-state index in [9.17, 15) is 18.4 Å². The Morgan fingerprint density at radius 3 is 2.71 bits per heavy atom. The van der Waals surface area contributed by atoms with Crippen molar-refractivity contribution in [1.82, 2.24) is 4.90 Å². The van der Waals surface area contributed by atoms with Gasteiger partial charge in [0, 0.05) is 37.4 Å². The highest BCUT2D eigenvalue weighted by Gasteiger charge is 2.39. The largest absolute Gasteiger partial charge is 0.433 e. The van der Waals surface area contributed by atoms with Gasteiger partial charge in [-0.25, -0.2) is 0 Å². The molecule has 2 saturated carbocycles. The van der Waals surface area contributed by atoms with Crippen LogP contribution in [0.5, 0.6) is 5.75 Å². The summed E-state index contributed by atoms with van der Waals surface area (Å²) in [7, 11) is 0. The van der Waals surface area contributed by atoms with E-state index < -0.39 is 12.7 Å². The molecule has 1 aliphatic heterocycles. The first-order chi connectivity index (χ1) is 15.0. The van der Waals surface area contributed by atoms with Crippen LogP contribution in [0, 0.1) is 5.92 Å². The van der Waals surface area contributed by atoms with Crippen LogP contribution in [0.1, 0.15) is 25.7 Å². The van der Waals surface area contributed by atoms with E-state index in [1.807, 2.05) is 0 Å². The second-order valence-corrected chi connectivity index (χ2v) is 8.27. The van der Waals surface area contributed by atoms with Crippen LogP contribution < -0.4 is 20.7 Å². The summed E-state index contributed by atoms with van der Waals surface area (Å²) < 4.78 is 35.8. The summed E-state index contributed by atoms with van der Waals surface area (Å²) in [5, 5.41) is 2.72. The SMILES string of the molecule is NC[C@H](C(=O)Nc1ccc(N2CCOCC2=O)cc1OC(F)F)N(CC1CC1)C1CC1. The first kappa shape index (κ1) is 21.9. The molecule has 0 unspecified atom stereocenters. The molecule has 3 aliphatic rings. The third kappa shape index (κ3) is 5.50. The van der Waals surface area contributed by atoms with E-state index in [1.165, 1.54) is 17.0 Å². The Bertz CT molecular complexity index is 817. The molecule has 3 fully saturated rings. The van der Waals surface area contributed by atoms with Crippen molar-refractivity contribution in [2.24, 2.45) is 11.7 Å². The number of rotatable bonds is 10. The predicted octanol–water partition coefficient (Wildman–Crippen LogP) is 1.79. The number of anilines is 2. The lowest BCUT2D eigenvalue weighted by Gasteiger charge is -2.30. The van der Waals surface area contributed by atoms with Gasteiger partial charge in [0.2, 0.25) is 5.91 Å². The minimum Gasteiger partial charge on any atom is -0.433 e. The summed E-state index contributed by atoms with van der Waals surface area (Å²) in [6.07, 6.45) is 4.41. The van der Waals surface area contributed by atoms with Crippen molar-refractivity contribution in [3.05, 3.63) is 18.2 Å². The lowest BCUT2D eigenvalue weighted by Crippen LogP contribution is -2.50. The zero-order chi connectivity index (χ0) is 22.0. The first-order valence-electron chi connectivity index (χ1n) is 10.7. The number of nitrogens with one attached hydrogen (secondary N) is 1. The molecule has 2 aliphatic carbocycles. The summed E-state index contributed by atoms with van der Waals surface area (Å²) in [5.41, 5.74) is 6.46. The molecule has 31 heavy (non-hydrogen) atoms. The maximum absolute atomic E-state index is 13.0. The van der Waals surface area contributed by atoms with Crippen molar-refractivity contribution >= 4 is 23.2 Å². The molecule has 10 heteroatoms. The normalized spacial score (nSPS) is 20.3. The molecule has 3 N–H and O–H groups in total. The Kier molecular flexibility index (Phi) is 6.68. The van der Waals surface area contributed by atoms with Gasteiger partial charge < -0.3 is 25.4 Å². The number of carbonyl (C=O) groups excluding carboxylic acids is 2. The Morgan fingerprint density at radius 1 is 1.32 bits per heavy atom. The number of alkyl halides is 2. The lowest BCUT2D eigenvalue weighted by atomic mass is 10.1. The van der Waals surface area contributed by atoms with Gasteiger partial charge in [0.25, 0.3) is 5.91 Å². The highest BCUT2D eigenvalue weighted by atomic mass is 19.3. The van der Waals surface area contributed by atoms with Gasteiger partial charge in [-0.2, -0.15) is 8.78 Å². The van der Waals surface area contributed by atoms with Gasteiger partial charge in [0.15, 0.2) is 5.75 Å². The predicted molar refractivity (Wildman–Crippen MR) is 110 cm³/mol. The van der Waals surface area contributed by atoms with Gasteiger partial charge in [-0.1, -0.05) is 0 Å². The van der Waals surface area contributed by atoms with Gasteiger partial charge in [-0.15, -0.1) is 0 Å². The van der Waals surface area contributed by atoms with E-state index in [1.54, 1.807) is 6.07 Å². The first-order valence-corrected chi connectivity index (χ1v) is 10.7. The second kappa shape index (κ2) is 9.46. The Morgan fingerprint density at radius 2 is 2.10 bits per heavy atom. The molecule has 0 spiro atoms. The van der Waals surface area contributed by atoms with E-state index in [4.69, 9.17) is 10.5 Å². The van der Waals surface area contributed by atoms with Crippen LogP contribution in [0.3, 0.4) is 0 Å². The fourth-order valence-electron chi connectivity index (χ4n) is 3.91. The molecular weight excluding hydrogens is 410 g/mol. The molecule has 170 valence electrons. The van der Waals surface area contributed by atoms with Crippen molar-refractivity contribution in [3.63, 3.8) is 0 Å². The summed E-state index contributed by atoms with van der Waals surface area (Å²) in [4.78, 5) is 28.7. The smallest absolute Gasteiger partial charge is 0.387 e. The van der Waals surface area contributed by atoms with E-state index in [0.29, 0.717) is 30.8 Å². The minimum absolute atomic E-state index is 0.0697. The molecule has 1 aromatic rings. The molecule has 8 nitrogen and oxygen atoms in total. The Balaban J connectivity index is 1.52. The van der Waals surface area contributed by atoms with Gasteiger partial charge in [-0.05, 0) is 43.7 Å². The summed E-state index contributed by atoms with van der Waals surface area (Å²) in [5.74, 6) is -0.208. The molecule has 1 aromatic carbocycles. The molecule has 4 rings (SSSR count). The van der Waals surface area contributed by atoms with E-state index >= 15 is 0 Å². The van der Waals surface area contributed by atoms with Crippen LogP contribution in [0.4, 0.5) is 20.2 Å². The topological polar surface area (TPSA) is 97.1 Å². The average molecular weight is 438 g/mol. The number of benzene rings is 1. The van der Waals surface area contributed by atoms with Crippen LogP contribution in [-0.4, -0.2) is 68.3 Å². The summed E-state index contributed by atoms with van der Waals surface area (Å²) in [6, 6.07) is 4.23. The number of nitrogens with two attached hydrogens (primary N) is 1. The maximum Gasteiger partial charge on any atom is 0.387 e. The van der Waals surface area contributed by atoms with E-state index in [0.717, 1.165) is 32.2 Å². The van der Waals surface area contributed by atoms with Gasteiger partial charge in [0.1, 0.15) is 12.6 Å². The number of carbonyl (C=O) groups is 2. The van der Waals surface area contributed by atoms with Gasteiger partial charge in [-0.3, -0.25) is 14.5 Å². The van der Waals surface area contributed by atoms with Crippen LogP contribution in [0.2, 0.25) is 0 Å². The Labute approximate surface area is 179 Å². The van der Waals surface area contributed by atoms with Crippen molar-refractivity contribution in [2.75, 3.05) is 43.1 Å². The van der Waals surface area contributed by atoms with Crippen molar-refractivity contribution < 1.29 is 27.8 Å². The molecule has 1 heterocycles. The molecular formula is C21H28F2N4O4. The van der Waals surface area contributed by atoms with Crippen LogP contribution in [0.15, 0.2) is 18.2 Å². The van der Waals surface area contributed by atoms with Gasteiger partial charge in [0.05, 0.1) is 12.3 Å². The lowest BCUT2D eigenvalue weighted by molar-refractivity contribution is -0.125. The van der Waals surface area contributed by atoms with Crippen molar-refractivity contribution in [1.29, 1.82) is 0 Å². The highest BCUT2D eigenvalue weighted by Crippen LogP contribution is 2.37. The summed E-state index contributed by atoms with van der Waals surface area (Å²) >= 11 is 0. The molecule has 2 amide bonds. The molecule has 1 atom stereocenters. The van der Waals surface area contributed by atoms with Crippen molar-refractivity contribution in [2.45, 2.75) is 44.4 Å². The van der Waals surface area contributed by atoms with E-state index in [2.05, 4.69) is 15.0 Å². The second-order valence-electron chi connectivity index (χ2n) is 8.27. The average Bonchev–Trinajstić information content (AvgIpc) is 3.63. The number of morpholine rings is 1. The van der Waals surface area contributed by atoms with Crippen LogP contribution >= 0.6 is 0 Å². The number of amides is 2. The third-order valence-corrected chi connectivity index (χ3v) is 5.84. The standard InChI is InChI=1S/C21H28F2N4O4/c22-21(23)31-18-9-15(26-7-8-30-12-19(26)28)5-6-16(18)25-20(29)17(10-24)27(14-3-4-14)11-13-1-2-13/h5-6,9,13-14,17,21H,1-4,7-8,10-12,24H2,(H,25,29)/t17-/m1/s1. The zero-order valence-electron chi connectivity index (χ0n) is 17.3. The zero-order valence-corrected chi connectivity index (χ0v) is 17.3. The molecule has 0 radical (unpaired) electrons. The number of ether oxygens (including phenoxy) is 2. The quantitative estimate of drug-likeness (QED) is 0.578. The highest BCUT2D eigenvalue weighted by molar-refractivity contribution is 5.98. The van der Waals surface area contributed by atoms with Crippen molar-refractivity contribution in [3.8, 4) is 5.75 Å². The summed E-state index contributed by atoms with van der Waals surface area (Å²) in [6.45, 7) is -1.51. The molecule has 1 saturated heterocycles. The molecule has 0 bridgehead atoms. The minimum atomic E-state index is -3.07. The van der Waals surface area contributed by atoms with Crippen LogP contribution in [0.25, 0.3) is 0 Å². The van der Waals surface area contributed by atoms with Crippen LogP contribution in [-0.2, 0) is 14.3 Å². The number of hydrogen-bond donors (Lipinski definition) is 2. The fraction of sp³-hybridized carbons (Fsp3) is 0.619. The van der Waals surface area contributed by atoms with Gasteiger partial charge >= 0.3 is 6.61 Å². The fourth-order valence-corrected chi connectivity index (χ4v) is 3.91. The number of hydrogen-bond acceptors (Lipinski definition) is 6. The monoisotopic (exact) mass is 438 g/mol. The number of nitrogens with zero attached hydrogens (tertiary/aromatic N) is 2. The maximum atomic E-state index is 13.0. The van der Waals surface area contributed by atoms with E-state index in [-0.39, 0.29) is 36.4 Å². The molecule has 0 aromatic heterocycles. The number of halogens is 2.